The molecule has 4 nitrogen and oxygen atoms in total. The Kier molecular flexibility index (Phi) is 6.51. The molecule has 2 aromatic carbocycles. The van der Waals surface area contributed by atoms with Crippen molar-refractivity contribution in [3.63, 3.8) is 0 Å². The smallest absolute Gasteiger partial charge is 0.241 e. The molecule has 0 radical (unpaired) electrons. The first-order chi connectivity index (χ1) is 13.1. The van der Waals surface area contributed by atoms with Crippen LogP contribution in [0.15, 0.2) is 48.5 Å². The van der Waals surface area contributed by atoms with Gasteiger partial charge in [-0.3, -0.25) is 9.69 Å². The molecule has 0 aliphatic carbocycles. The number of likely N-dealkylation sites (N-methyl/N-ethyl adjacent to an activating group) is 1. The molecular weight excluding hydrogens is 334 g/mol. The number of para-hydroxylation sites is 2. The van der Waals surface area contributed by atoms with Crippen LogP contribution in [0.2, 0.25) is 0 Å². The summed E-state index contributed by atoms with van der Waals surface area (Å²) < 4.78 is 0. The Labute approximate surface area is 163 Å². The molecule has 3 rings (SSSR count). The van der Waals surface area contributed by atoms with Crippen LogP contribution in [0.3, 0.4) is 0 Å². The quantitative estimate of drug-likeness (QED) is 0.822. The first kappa shape index (κ1) is 19.4. The predicted octanol–water partition coefficient (Wildman–Crippen LogP) is 4.44. The lowest BCUT2D eigenvalue weighted by Gasteiger charge is -2.32. The number of piperidine rings is 1. The Hall–Kier alpha value is -2.33. The molecule has 1 aliphatic rings. The van der Waals surface area contributed by atoms with E-state index in [0.717, 1.165) is 30.9 Å². The largest absolute Gasteiger partial charge is 0.371 e. The maximum Gasteiger partial charge on any atom is 0.241 e. The van der Waals surface area contributed by atoms with Gasteiger partial charge in [-0.15, -0.1) is 0 Å². The monoisotopic (exact) mass is 365 g/mol. The van der Waals surface area contributed by atoms with Gasteiger partial charge in [0.05, 0.1) is 6.04 Å². The maximum atomic E-state index is 12.7. The van der Waals surface area contributed by atoms with Crippen LogP contribution in [0.5, 0.6) is 0 Å². The van der Waals surface area contributed by atoms with Gasteiger partial charge in [-0.1, -0.05) is 36.4 Å². The highest BCUT2D eigenvalue weighted by Crippen LogP contribution is 2.25. The molecule has 1 N–H and O–H groups in total. The summed E-state index contributed by atoms with van der Waals surface area (Å²) in [7, 11) is 2.02. The van der Waals surface area contributed by atoms with Gasteiger partial charge in [0.15, 0.2) is 0 Å². The van der Waals surface area contributed by atoms with Crippen molar-refractivity contribution >= 4 is 17.3 Å². The van der Waals surface area contributed by atoms with E-state index in [-0.39, 0.29) is 11.9 Å². The molecule has 2 aromatic rings. The molecule has 0 saturated carbocycles. The van der Waals surface area contributed by atoms with Crippen LogP contribution in [0.25, 0.3) is 0 Å². The van der Waals surface area contributed by atoms with Crippen LogP contribution in [0.4, 0.5) is 11.4 Å². The number of aryl methyl sites for hydroxylation is 1. The second kappa shape index (κ2) is 9.05. The fraction of sp³-hybridized carbons (Fsp3) is 0.435. The second-order valence-corrected chi connectivity index (χ2v) is 7.57. The molecule has 0 bridgehead atoms. The van der Waals surface area contributed by atoms with Crippen LogP contribution in [-0.2, 0) is 11.3 Å². The van der Waals surface area contributed by atoms with Gasteiger partial charge in [-0.05, 0) is 63.4 Å². The summed E-state index contributed by atoms with van der Waals surface area (Å²) in [6.45, 7) is 7.00. The lowest BCUT2D eigenvalue weighted by molar-refractivity contribution is -0.120. The van der Waals surface area contributed by atoms with Crippen molar-refractivity contribution < 1.29 is 4.79 Å². The van der Waals surface area contributed by atoms with Gasteiger partial charge in [0, 0.05) is 31.0 Å². The number of hydrogen-bond acceptors (Lipinski definition) is 3. The highest BCUT2D eigenvalue weighted by atomic mass is 16.2. The zero-order chi connectivity index (χ0) is 19.2. The summed E-state index contributed by atoms with van der Waals surface area (Å²) in [4.78, 5) is 17.3. The highest BCUT2D eigenvalue weighted by molar-refractivity contribution is 5.95. The minimum Gasteiger partial charge on any atom is -0.371 e. The number of benzene rings is 2. The second-order valence-electron chi connectivity index (χ2n) is 7.57. The molecule has 144 valence electrons. The van der Waals surface area contributed by atoms with E-state index in [1.807, 2.05) is 45.2 Å². The lowest BCUT2D eigenvalue weighted by atomic mass is 10.1. The number of carbonyl (C=O) groups is 1. The van der Waals surface area contributed by atoms with E-state index in [4.69, 9.17) is 0 Å². The summed E-state index contributed by atoms with van der Waals surface area (Å²) in [5, 5.41) is 3.06. The first-order valence-corrected chi connectivity index (χ1v) is 9.96. The summed E-state index contributed by atoms with van der Waals surface area (Å²) in [5.74, 6) is 0.0299. The molecule has 1 unspecified atom stereocenters. The Balaban J connectivity index is 1.67. The number of nitrogens with zero attached hydrogens (tertiary/aromatic N) is 2. The molecule has 1 atom stereocenters. The van der Waals surface area contributed by atoms with Gasteiger partial charge < -0.3 is 10.2 Å². The van der Waals surface area contributed by atoms with Gasteiger partial charge >= 0.3 is 0 Å². The van der Waals surface area contributed by atoms with Crippen molar-refractivity contribution in [1.82, 2.24) is 4.90 Å². The highest BCUT2D eigenvalue weighted by Gasteiger charge is 2.21. The number of carbonyl (C=O) groups excluding carboxylic acids is 1. The molecular formula is C23H31N3O. The van der Waals surface area contributed by atoms with E-state index in [2.05, 4.69) is 39.4 Å². The molecule has 27 heavy (non-hydrogen) atoms. The Morgan fingerprint density at radius 3 is 2.48 bits per heavy atom. The summed E-state index contributed by atoms with van der Waals surface area (Å²) >= 11 is 0. The molecule has 1 amide bonds. The van der Waals surface area contributed by atoms with E-state index in [0.29, 0.717) is 0 Å². The number of hydrogen-bond donors (Lipinski definition) is 1. The fourth-order valence-electron chi connectivity index (χ4n) is 3.64. The van der Waals surface area contributed by atoms with Gasteiger partial charge in [-0.25, -0.2) is 0 Å². The molecule has 0 aromatic heterocycles. The summed E-state index contributed by atoms with van der Waals surface area (Å²) in [5.41, 5.74) is 4.57. The lowest BCUT2D eigenvalue weighted by Crippen LogP contribution is -2.39. The first-order valence-electron chi connectivity index (χ1n) is 9.96. The fourth-order valence-corrected chi connectivity index (χ4v) is 3.64. The van der Waals surface area contributed by atoms with Crippen LogP contribution < -0.4 is 10.2 Å². The van der Waals surface area contributed by atoms with Crippen LogP contribution in [0, 0.1) is 6.92 Å². The van der Waals surface area contributed by atoms with Crippen molar-refractivity contribution in [3.8, 4) is 0 Å². The Morgan fingerprint density at radius 1 is 1.07 bits per heavy atom. The van der Waals surface area contributed by atoms with E-state index in [1.54, 1.807) is 0 Å². The molecule has 1 saturated heterocycles. The number of anilines is 2. The minimum atomic E-state index is -0.209. The summed E-state index contributed by atoms with van der Waals surface area (Å²) in [6.07, 6.45) is 3.85. The van der Waals surface area contributed by atoms with Crippen molar-refractivity contribution in [2.45, 2.75) is 45.7 Å². The van der Waals surface area contributed by atoms with Gasteiger partial charge in [-0.2, -0.15) is 0 Å². The van der Waals surface area contributed by atoms with E-state index in [9.17, 15) is 4.79 Å². The molecule has 1 heterocycles. The zero-order valence-electron chi connectivity index (χ0n) is 16.7. The molecule has 4 heteroatoms. The van der Waals surface area contributed by atoms with Gasteiger partial charge in [0.1, 0.15) is 0 Å². The van der Waals surface area contributed by atoms with Crippen LogP contribution >= 0.6 is 0 Å². The number of rotatable bonds is 6. The molecule has 1 fully saturated rings. The average Bonchev–Trinajstić information content (AvgIpc) is 2.70. The predicted molar refractivity (Wildman–Crippen MR) is 113 cm³/mol. The minimum absolute atomic E-state index is 0.0299. The maximum absolute atomic E-state index is 12.7. The van der Waals surface area contributed by atoms with Gasteiger partial charge in [0.25, 0.3) is 0 Å². The van der Waals surface area contributed by atoms with Crippen molar-refractivity contribution in [2.75, 3.05) is 30.4 Å². The zero-order valence-corrected chi connectivity index (χ0v) is 16.7. The van der Waals surface area contributed by atoms with Crippen LogP contribution in [0.1, 0.15) is 37.3 Å². The van der Waals surface area contributed by atoms with Crippen LogP contribution in [-0.4, -0.2) is 37.0 Å². The number of amides is 1. The van der Waals surface area contributed by atoms with Gasteiger partial charge in [0.2, 0.25) is 5.91 Å². The number of nitrogens with one attached hydrogen (secondary N) is 1. The third-order valence-electron chi connectivity index (χ3n) is 5.55. The normalized spacial score (nSPS) is 15.6. The SMILES string of the molecule is Cc1ccccc1NC(=O)C(C)N(C)Cc1ccccc1N1CCCCC1. The average molecular weight is 366 g/mol. The summed E-state index contributed by atoms with van der Waals surface area (Å²) in [6, 6.07) is 16.3. The standard InChI is InChI=1S/C23H31N3O/c1-18-11-5-7-13-21(18)24-23(27)19(2)25(3)17-20-12-6-8-14-22(20)26-15-9-4-10-16-26/h5-8,11-14,19H,4,9-10,15-17H2,1-3H3,(H,24,27). The molecule has 0 spiro atoms. The van der Waals surface area contributed by atoms with Crippen molar-refractivity contribution in [2.24, 2.45) is 0 Å². The van der Waals surface area contributed by atoms with Crippen molar-refractivity contribution in [3.05, 3.63) is 59.7 Å². The van der Waals surface area contributed by atoms with Crippen molar-refractivity contribution in [1.29, 1.82) is 0 Å². The van der Waals surface area contributed by atoms with E-state index >= 15 is 0 Å². The van der Waals surface area contributed by atoms with E-state index in [1.165, 1.54) is 30.5 Å². The third-order valence-corrected chi connectivity index (χ3v) is 5.55. The van der Waals surface area contributed by atoms with E-state index < -0.39 is 0 Å². The Morgan fingerprint density at radius 2 is 1.74 bits per heavy atom. The topological polar surface area (TPSA) is 35.6 Å². The third kappa shape index (κ3) is 4.89. The molecule has 1 aliphatic heterocycles. The Bertz CT molecular complexity index is 768.